The molecule has 0 aromatic heterocycles. The fourth-order valence-corrected chi connectivity index (χ4v) is 2.35. The maximum atomic E-state index is 12.7. The molecule has 0 saturated carbocycles. The van der Waals surface area contributed by atoms with E-state index < -0.39 is 28.7 Å². The predicted octanol–water partition coefficient (Wildman–Crippen LogP) is 2.00. The van der Waals surface area contributed by atoms with Crippen molar-refractivity contribution < 1.29 is 22.8 Å². The summed E-state index contributed by atoms with van der Waals surface area (Å²) in [7, 11) is 1.53. The SMILES string of the molecule is CN1C[C@@H](C(=O)NCc2cccc(C(F)(F)F)c2Cl)NC1=O. The summed E-state index contributed by atoms with van der Waals surface area (Å²) in [6, 6.07) is 2.39. The van der Waals surface area contributed by atoms with Gasteiger partial charge in [0.15, 0.2) is 0 Å². The van der Waals surface area contributed by atoms with Crippen LogP contribution in [0.5, 0.6) is 0 Å². The molecule has 1 aliphatic rings. The zero-order chi connectivity index (χ0) is 16.5. The number of nitrogens with one attached hydrogen (secondary N) is 2. The Kier molecular flexibility index (Phi) is 4.50. The summed E-state index contributed by atoms with van der Waals surface area (Å²) >= 11 is 5.73. The van der Waals surface area contributed by atoms with Crippen LogP contribution in [0.1, 0.15) is 11.1 Å². The predicted molar refractivity (Wildman–Crippen MR) is 73.3 cm³/mol. The van der Waals surface area contributed by atoms with Gasteiger partial charge in [0.2, 0.25) is 5.91 Å². The highest BCUT2D eigenvalue weighted by Gasteiger charge is 2.34. The second-order valence-electron chi connectivity index (χ2n) is 4.88. The summed E-state index contributed by atoms with van der Waals surface area (Å²) in [4.78, 5) is 24.5. The molecule has 0 aliphatic carbocycles. The number of nitrogens with zero attached hydrogens (tertiary/aromatic N) is 1. The van der Waals surface area contributed by atoms with Crippen LogP contribution in [0.3, 0.4) is 0 Å². The molecule has 0 bridgehead atoms. The van der Waals surface area contributed by atoms with Crippen molar-refractivity contribution >= 4 is 23.5 Å². The first-order valence-corrected chi connectivity index (χ1v) is 6.72. The van der Waals surface area contributed by atoms with Crippen molar-refractivity contribution in [2.45, 2.75) is 18.8 Å². The number of alkyl halides is 3. The Morgan fingerprint density at radius 1 is 1.50 bits per heavy atom. The molecular formula is C13H13ClF3N3O2. The van der Waals surface area contributed by atoms with Crippen molar-refractivity contribution in [2.24, 2.45) is 0 Å². The third-order valence-electron chi connectivity index (χ3n) is 3.25. The molecule has 1 fully saturated rings. The molecule has 0 radical (unpaired) electrons. The number of hydrogen-bond acceptors (Lipinski definition) is 2. The van der Waals surface area contributed by atoms with Gasteiger partial charge in [-0.2, -0.15) is 13.2 Å². The summed E-state index contributed by atoms with van der Waals surface area (Å²) < 4.78 is 38.2. The van der Waals surface area contributed by atoms with Gasteiger partial charge in [0.1, 0.15) is 6.04 Å². The molecule has 2 rings (SSSR count). The van der Waals surface area contributed by atoms with Gasteiger partial charge in [-0.25, -0.2) is 4.79 Å². The van der Waals surface area contributed by atoms with Gasteiger partial charge in [-0.15, -0.1) is 0 Å². The van der Waals surface area contributed by atoms with Gasteiger partial charge in [-0.1, -0.05) is 23.7 Å². The Morgan fingerprint density at radius 3 is 2.73 bits per heavy atom. The third-order valence-corrected chi connectivity index (χ3v) is 3.70. The molecule has 2 N–H and O–H groups in total. The van der Waals surface area contributed by atoms with Crippen LogP contribution in [0, 0.1) is 0 Å². The highest BCUT2D eigenvalue weighted by atomic mass is 35.5. The maximum Gasteiger partial charge on any atom is 0.417 e. The van der Waals surface area contributed by atoms with E-state index in [9.17, 15) is 22.8 Å². The zero-order valence-corrected chi connectivity index (χ0v) is 12.3. The quantitative estimate of drug-likeness (QED) is 0.887. The average Bonchev–Trinajstić information content (AvgIpc) is 2.76. The number of rotatable bonds is 3. The van der Waals surface area contributed by atoms with Crippen molar-refractivity contribution in [1.29, 1.82) is 0 Å². The molecule has 1 saturated heterocycles. The minimum atomic E-state index is -4.56. The molecular weight excluding hydrogens is 323 g/mol. The monoisotopic (exact) mass is 335 g/mol. The first kappa shape index (κ1) is 16.4. The molecule has 0 unspecified atom stereocenters. The molecule has 1 aromatic rings. The molecule has 120 valence electrons. The number of halogens is 4. The van der Waals surface area contributed by atoms with E-state index in [0.29, 0.717) is 0 Å². The van der Waals surface area contributed by atoms with E-state index in [4.69, 9.17) is 11.6 Å². The number of urea groups is 1. The van der Waals surface area contributed by atoms with Gasteiger partial charge in [0, 0.05) is 13.6 Å². The molecule has 1 atom stereocenters. The van der Waals surface area contributed by atoms with E-state index in [1.54, 1.807) is 0 Å². The summed E-state index contributed by atoms with van der Waals surface area (Å²) in [5.74, 6) is -0.480. The van der Waals surface area contributed by atoms with Gasteiger partial charge in [0.25, 0.3) is 0 Å². The minimum absolute atomic E-state index is 0.155. The number of likely N-dealkylation sites (N-methyl/N-ethyl adjacent to an activating group) is 1. The average molecular weight is 336 g/mol. The van der Waals surface area contributed by atoms with Crippen LogP contribution in [0.2, 0.25) is 5.02 Å². The Hall–Kier alpha value is -1.96. The highest BCUT2D eigenvalue weighted by Crippen LogP contribution is 2.36. The number of amides is 3. The second-order valence-corrected chi connectivity index (χ2v) is 5.25. The molecule has 1 heterocycles. The largest absolute Gasteiger partial charge is 0.417 e. The lowest BCUT2D eigenvalue weighted by Gasteiger charge is -2.14. The van der Waals surface area contributed by atoms with Crippen LogP contribution in [0.25, 0.3) is 0 Å². The van der Waals surface area contributed by atoms with Crippen molar-refractivity contribution in [3.63, 3.8) is 0 Å². The van der Waals surface area contributed by atoms with Crippen LogP contribution in [0.4, 0.5) is 18.0 Å². The third kappa shape index (κ3) is 3.44. The molecule has 9 heteroatoms. The lowest BCUT2D eigenvalue weighted by atomic mass is 10.1. The van der Waals surface area contributed by atoms with E-state index in [1.165, 1.54) is 24.1 Å². The summed E-state index contributed by atoms with van der Waals surface area (Å²) in [5, 5.41) is 4.48. The lowest BCUT2D eigenvalue weighted by Crippen LogP contribution is -2.42. The summed E-state index contributed by atoms with van der Waals surface area (Å²) in [6.07, 6.45) is -4.56. The molecule has 3 amide bonds. The van der Waals surface area contributed by atoms with Gasteiger partial charge in [-0.3, -0.25) is 4.79 Å². The highest BCUT2D eigenvalue weighted by molar-refractivity contribution is 6.32. The first-order chi connectivity index (χ1) is 10.2. The maximum absolute atomic E-state index is 12.7. The van der Waals surface area contributed by atoms with Crippen LogP contribution >= 0.6 is 11.6 Å². The molecule has 1 aromatic carbocycles. The van der Waals surface area contributed by atoms with Crippen LogP contribution < -0.4 is 10.6 Å². The topological polar surface area (TPSA) is 61.4 Å². The summed E-state index contributed by atoms with van der Waals surface area (Å²) in [6.45, 7) is 0.0403. The van der Waals surface area contributed by atoms with Gasteiger partial charge >= 0.3 is 12.2 Å². The van der Waals surface area contributed by atoms with Crippen molar-refractivity contribution in [2.75, 3.05) is 13.6 Å². The number of hydrogen-bond donors (Lipinski definition) is 2. The summed E-state index contributed by atoms with van der Waals surface area (Å²) in [5.41, 5.74) is -0.794. The Balaban J connectivity index is 2.03. The number of carbonyl (C=O) groups excluding carboxylic acids is 2. The standard InChI is InChI=1S/C13H13ClF3N3O2/c1-20-6-9(19-12(20)22)11(21)18-5-7-3-2-4-8(10(7)14)13(15,16)17/h2-4,9H,5-6H2,1H3,(H,18,21)(H,19,22)/t9-/m0/s1. The smallest absolute Gasteiger partial charge is 0.350 e. The van der Waals surface area contributed by atoms with E-state index in [0.717, 1.165) is 6.07 Å². The Labute approximate surface area is 129 Å². The Morgan fingerprint density at radius 2 is 2.18 bits per heavy atom. The van der Waals surface area contributed by atoms with E-state index >= 15 is 0 Å². The molecule has 5 nitrogen and oxygen atoms in total. The van der Waals surface area contributed by atoms with Crippen LogP contribution in [-0.2, 0) is 17.5 Å². The first-order valence-electron chi connectivity index (χ1n) is 6.34. The number of benzene rings is 1. The molecule has 22 heavy (non-hydrogen) atoms. The second kappa shape index (κ2) is 6.04. The van der Waals surface area contributed by atoms with Gasteiger partial charge in [-0.05, 0) is 11.6 Å². The number of carbonyl (C=O) groups is 2. The van der Waals surface area contributed by atoms with Crippen LogP contribution in [-0.4, -0.2) is 36.5 Å². The van der Waals surface area contributed by atoms with Gasteiger partial charge in [0.05, 0.1) is 17.1 Å². The fourth-order valence-electron chi connectivity index (χ4n) is 2.05. The van der Waals surface area contributed by atoms with E-state index in [1.807, 2.05) is 0 Å². The zero-order valence-electron chi connectivity index (χ0n) is 11.5. The van der Waals surface area contributed by atoms with Crippen LogP contribution in [0.15, 0.2) is 18.2 Å². The Bertz CT molecular complexity index is 607. The van der Waals surface area contributed by atoms with E-state index in [2.05, 4.69) is 10.6 Å². The lowest BCUT2D eigenvalue weighted by molar-refractivity contribution is -0.137. The normalized spacial score (nSPS) is 18.3. The van der Waals surface area contributed by atoms with Crippen molar-refractivity contribution in [3.05, 3.63) is 34.3 Å². The molecule has 1 aliphatic heterocycles. The fraction of sp³-hybridized carbons (Fsp3) is 0.385. The molecule has 0 spiro atoms. The van der Waals surface area contributed by atoms with Crippen molar-refractivity contribution in [1.82, 2.24) is 15.5 Å². The minimum Gasteiger partial charge on any atom is -0.350 e. The van der Waals surface area contributed by atoms with E-state index in [-0.39, 0.29) is 24.7 Å². The van der Waals surface area contributed by atoms with Gasteiger partial charge < -0.3 is 15.5 Å². The van der Waals surface area contributed by atoms with Crippen molar-refractivity contribution in [3.8, 4) is 0 Å².